The molecule has 0 saturated heterocycles. The zero-order valence-electron chi connectivity index (χ0n) is 9.72. The fraction of sp³-hybridized carbons (Fsp3) is 0.500. The molecule has 2 aromatic heterocycles. The number of hydrogen-bond acceptors (Lipinski definition) is 5. The number of rotatable bonds is 3. The molecular formula is C12H15N3S2. The van der Waals surface area contributed by atoms with Gasteiger partial charge in [0.05, 0.1) is 10.2 Å². The third-order valence-electron chi connectivity index (χ3n) is 3.32. The van der Waals surface area contributed by atoms with Crippen LogP contribution in [-0.4, -0.2) is 27.5 Å². The number of aromatic nitrogens is 2. The quantitative estimate of drug-likeness (QED) is 0.923. The molecule has 3 nitrogen and oxygen atoms in total. The maximum Gasteiger partial charge on any atom is 0.147 e. The summed E-state index contributed by atoms with van der Waals surface area (Å²) in [6.07, 6.45) is 7.74. The lowest BCUT2D eigenvalue weighted by Gasteiger charge is -2.19. The maximum absolute atomic E-state index is 4.39. The fourth-order valence-corrected chi connectivity index (χ4v) is 4.17. The summed E-state index contributed by atoms with van der Waals surface area (Å²) in [6.45, 7) is 0. The Kier molecular flexibility index (Phi) is 3.20. The Hall–Kier alpha value is -0.810. The molecule has 90 valence electrons. The Labute approximate surface area is 109 Å². The van der Waals surface area contributed by atoms with Crippen LogP contribution in [0.2, 0.25) is 0 Å². The molecule has 0 aliphatic heterocycles. The van der Waals surface area contributed by atoms with E-state index in [2.05, 4.69) is 26.9 Å². The van der Waals surface area contributed by atoms with Crippen LogP contribution in [0.4, 0.5) is 5.82 Å². The van der Waals surface area contributed by atoms with Crippen molar-refractivity contribution in [3.05, 3.63) is 17.8 Å². The molecule has 0 aromatic carbocycles. The van der Waals surface area contributed by atoms with E-state index in [0.717, 1.165) is 16.6 Å². The van der Waals surface area contributed by atoms with Crippen molar-refractivity contribution in [1.29, 1.82) is 0 Å². The SMILES string of the molecule is CSC1CCCC1Nc1ncnc2ccsc12. The Morgan fingerprint density at radius 2 is 2.35 bits per heavy atom. The summed E-state index contributed by atoms with van der Waals surface area (Å²) in [5.74, 6) is 1.01. The predicted octanol–water partition coefficient (Wildman–Crippen LogP) is 3.39. The third-order valence-corrected chi connectivity index (χ3v) is 5.40. The zero-order valence-corrected chi connectivity index (χ0v) is 11.4. The van der Waals surface area contributed by atoms with Gasteiger partial charge in [0.1, 0.15) is 12.1 Å². The van der Waals surface area contributed by atoms with Gasteiger partial charge in [-0.1, -0.05) is 6.42 Å². The van der Waals surface area contributed by atoms with Crippen LogP contribution in [0.25, 0.3) is 10.2 Å². The second kappa shape index (κ2) is 4.82. The molecule has 1 N–H and O–H groups in total. The third kappa shape index (κ3) is 2.13. The number of anilines is 1. The highest BCUT2D eigenvalue weighted by Gasteiger charge is 2.27. The summed E-state index contributed by atoms with van der Waals surface area (Å²) >= 11 is 3.68. The first-order chi connectivity index (χ1) is 8.38. The summed E-state index contributed by atoms with van der Waals surface area (Å²) in [5, 5.41) is 6.41. The lowest BCUT2D eigenvalue weighted by Crippen LogP contribution is -2.26. The molecule has 5 heteroatoms. The fourth-order valence-electron chi connectivity index (χ4n) is 2.44. The van der Waals surface area contributed by atoms with E-state index in [0.29, 0.717) is 6.04 Å². The highest BCUT2D eigenvalue weighted by molar-refractivity contribution is 7.99. The molecule has 1 aliphatic carbocycles. The van der Waals surface area contributed by atoms with Crippen LogP contribution < -0.4 is 5.32 Å². The maximum atomic E-state index is 4.39. The first kappa shape index (κ1) is 11.3. The van der Waals surface area contributed by atoms with Gasteiger partial charge in [0.25, 0.3) is 0 Å². The van der Waals surface area contributed by atoms with Crippen molar-refractivity contribution in [3.8, 4) is 0 Å². The average Bonchev–Trinajstić information content (AvgIpc) is 2.97. The first-order valence-corrected chi connectivity index (χ1v) is 8.03. The van der Waals surface area contributed by atoms with E-state index in [4.69, 9.17) is 0 Å². The molecule has 2 unspecified atom stereocenters. The summed E-state index contributed by atoms with van der Waals surface area (Å²) in [6, 6.07) is 2.61. The van der Waals surface area contributed by atoms with Crippen LogP contribution in [0, 0.1) is 0 Å². The van der Waals surface area contributed by atoms with E-state index in [1.54, 1.807) is 17.7 Å². The van der Waals surface area contributed by atoms with Crippen molar-refractivity contribution in [2.24, 2.45) is 0 Å². The van der Waals surface area contributed by atoms with Crippen LogP contribution in [0.5, 0.6) is 0 Å². The second-order valence-corrected chi connectivity index (χ2v) is 6.31. The molecular weight excluding hydrogens is 250 g/mol. The van der Waals surface area contributed by atoms with E-state index >= 15 is 0 Å². The Bertz CT molecular complexity index is 511. The minimum Gasteiger partial charge on any atom is -0.365 e. The van der Waals surface area contributed by atoms with Gasteiger partial charge in [0.2, 0.25) is 0 Å². The minimum atomic E-state index is 0.560. The Morgan fingerprint density at radius 3 is 3.24 bits per heavy atom. The molecule has 2 aromatic rings. The van der Waals surface area contributed by atoms with E-state index in [9.17, 15) is 0 Å². The minimum absolute atomic E-state index is 0.560. The van der Waals surface area contributed by atoms with Gasteiger partial charge >= 0.3 is 0 Å². The molecule has 2 heterocycles. The van der Waals surface area contributed by atoms with Gasteiger partial charge in [-0.3, -0.25) is 0 Å². The highest BCUT2D eigenvalue weighted by Crippen LogP contribution is 2.32. The summed E-state index contributed by atoms with van der Waals surface area (Å²) < 4.78 is 1.18. The first-order valence-electron chi connectivity index (χ1n) is 5.86. The largest absolute Gasteiger partial charge is 0.365 e. The average molecular weight is 265 g/mol. The predicted molar refractivity (Wildman–Crippen MR) is 76.0 cm³/mol. The van der Waals surface area contributed by atoms with E-state index in [1.165, 1.54) is 24.0 Å². The lowest BCUT2D eigenvalue weighted by molar-refractivity contribution is 0.765. The summed E-state index contributed by atoms with van der Waals surface area (Å²) in [7, 11) is 0. The second-order valence-electron chi connectivity index (χ2n) is 4.31. The number of thioether (sulfide) groups is 1. The molecule has 0 radical (unpaired) electrons. The standard InChI is InChI=1S/C12H15N3S2/c1-16-10-4-2-3-8(10)15-12-11-9(5-6-17-11)13-7-14-12/h5-8,10H,2-4H2,1H3,(H,13,14,15). The van der Waals surface area contributed by atoms with Crippen LogP contribution in [0.15, 0.2) is 17.8 Å². The molecule has 3 rings (SSSR count). The molecule has 2 atom stereocenters. The monoisotopic (exact) mass is 265 g/mol. The van der Waals surface area contributed by atoms with Crippen LogP contribution in [0.1, 0.15) is 19.3 Å². The lowest BCUT2D eigenvalue weighted by atomic mass is 10.2. The highest BCUT2D eigenvalue weighted by atomic mass is 32.2. The number of nitrogens with one attached hydrogen (secondary N) is 1. The van der Waals surface area contributed by atoms with Gasteiger partial charge < -0.3 is 5.32 Å². The van der Waals surface area contributed by atoms with Gasteiger partial charge in [-0.05, 0) is 30.5 Å². The normalized spacial score (nSPS) is 24.3. The van der Waals surface area contributed by atoms with E-state index < -0.39 is 0 Å². The van der Waals surface area contributed by atoms with Gasteiger partial charge in [-0.15, -0.1) is 11.3 Å². The van der Waals surface area contributed by atoms with Crippen molar-refractivity contribution in [3.63, 3.8) is 0 Å². The molecule has 1 saturated carbocycles. The summed E-state index contributed by atoms with van der Waals surface area (Å²) in [5.41, 5.74) is 1.05. The van der Waals surface area contributed by atoms with Gasteiger partial charge in [0.15, 0.2) is 0 Å². The Balaban J connectivity index is 1.87. The van der Waals surface area contributed by atoms with Gasteiger partial charge in [0, 0.05) is 11.3 Å². The zero-order chi connectivity index (χ0) is 11.7. The van der Waals surface area contributed by atoms with Crippen LogP contribution in [0.3, 0.4) is 0 Å². The number of hydrogen-bond donors (Lipinski definition) is 1. The number of fused-ring (bicyclic) bond motifs is 1. The number of nitrogens with zero attached hydrogens (tertiary/aromatic N) is 2. The van der Waals surface area contributed by atoms with Gasteiger partial charge in [-0.2, -0.15) is 11.8 Å². The van der Waals surface area contributed by atoms with Crippen molar-refractivity contribution in [2.45, 2.75) is 30.6 Å². The van der Waals surface area contributed by atoms with Gasteiger partial charge in [-0.25, -0.2) is 9.97 Å². The van der Waals surface area contributed by atoms with Crippen molar-refractivity contribution >= 4 is 39.1 Å². The number of thiophene rings is 1. The van der Waals surface area contributed by atoms with E-state index in [-0.39, 0.29) is 0 Å². The smallest absolute Gasteiger partial charge is 0.147 e. The molecule has 0 spiro atoms. The molecule has 1 aliphatic rings. The van der Waals surface area contributed by atoms with Crippen molar-refractivity contribution < 1.29 is 0 Å². The van der Waals surface area contributed by atoms with E-state index in [1.807, 2.05) is 17.8 Å². The van der Waals surface area contributed by atoms with Crippen molar-refractivity contribution in [2.75, 3.05) is 11.6 Å². The van der Waals surface area contributed by atoms with Crippen LogP contribution in [-0.2, 0) is 0 Å². The Morgan fingerprint density at radius 1 is 1.41 bits per heavy atom. The van der Waals surface area contributed by atoms with Crippen LogP contribution >= 0.6 is 23.1 Å². The summed E-state index contributed by atoms with van der Waals surface area (Å²) in [4.78, 5) is 8.66. The van der Waals surface area contributed by atoms with Crippen molar-refractivity contribution in [1.82, 2.24) is 9.97 Å². The molecule has 0 bridgehead atoms. The topological polar surface area (TPSA) is 37.8 Å². The molecule has 1 fully saturated rings. The molecule has 0 amide bonds. The molecule has 17 heavy (non-hydrogen) atoms.